The molecule has 0 bridgehead atoms. The number of nitrogens with one attached hydrogen (secondary N) is 1. The smallest absolute Gasteiger partial charge is 0.378 e. The number of aliphatic hydroxyl groups excluding tert-OH is 1. The van der Waals surface area contributed by atoms with E-state index in [1.54, 1.807) is 0 Å². The van der Waals surface area contributed by atoms with Gasteiger partial charge in [-0.3, -0.25) is 9.59 Å². The third-order valence-electron chi connectivity index (χ3n) is 4.31. The highest BCUT2D eigenvalue weighted by atomic mass is 19.4. The van der Waals surface area contributed by atoms with Crippen molar-refractivity contribution >= 4 is 11.8 Å². The molecule has 152 valence electrons. The summed E-state index contributed by atoms with van der Waals surface area (Å²) in [6.45, 7) is 2.11. The Morgan fingerprint density at radius 1 is 1.07 bits per heavy atom. The molecule has 0 aromatic heterocycles. The fourth-order valence-corrected chi connectivity index (χ4v) is 2.67. The SMILES string of the molecule is CCCCCCCC[C@H](NC(=O)[C@@H](O)c1ccc(C(F)(F)F)cc1)C(N)=O. The van der Waals surface area contributed by atoms with E-state index < -0.39 is 35.7 Å². The number of hydrogen-bond donors (Lipinski definition) is 3. The summed E-state index contributed by atoms with van der Waals surface area (Å²) in [5.41, 5.74) is 4.42. The van der Waals surface area contributed by atoms with Gasteiger partial charge in [-0.1, -0.05) is 57.6 Å². The van der Waals surface area contributed by atoms with Crippen molar-refractivity contribution in [2.24, 2.45) is 5.73 Å². The van der Waals surface area contributed by atoms with Gasteiger partial charge in [0.25, 0.3) is 5.91 Å². The Balaban J connectivity index is 2.58. The summed E-state index contributed by atoms with van der Waals surface area (Å²) in [7, 11) is 0. The summed E-state index contributed by atoms with van der Waals surface area (Å²) >= 11 is 0. The van der Waals surface area contributed by atoms with Crippen molar-refractivity contribution in [2.75, 3.05) is 0 Å². The topological polar surface area (TPSA) is 92.4 Å². The van der Waals surface area contributed by atoms with Crippen LogP contribution < -0.4 is 11.1 Å². The maximum absolute atomic E-state index is 12.6. The summed E-state index contributed by atoms with van der Waals surface area (Å²) in [6.07, 6.45) is 0.190. The zero-order valence-corrected chi connectivity index (χ0v) is 15.4. The quantitative estimate of drug-likeness (QED) is 0.507. The van der Waals surface area contributed by atoms with Crippen LogP contribution in [-0.2, 0) is 15.8 Å². The van der Waals surface area contributed by atoms with Gasteiger partial charge in [-0.2, -0.15) is 13.2 Å². The first-order chi connectivity index (χ1) is 12.7. The molecule has 0 spiro atoms. The third kappa shape index (κ3) is 7.99. The van der Waals surface area contributed by atoms with Gasteiger partial charge >= 0.3 is 6.18 Å². The van der Waals surface area contributed by atoms with E-state index >= 15 is 0 Å². The standard InChI is InChI=1S/C19H27F3N2O3/c1-2-3-4-5-6-7-8-15(17(23)26)24-18(27)16(25)13-9-11-14(12-10-13)19(20,21)22/h9-12,15-16,25H,2-8H2,1H3,(H2,23,26)(H,24,27)/t15-,16-/m0/s1. The molecular weight excluding hydrogens is 361 g/mol. The minimum Gasteiger partial charge on any atom is -0.378 e. The summed E-state index contributed by atoms with van der Waals surface area (Å²) in [6, 6.07) is 2.70. The highest BCUT2D eigenvalue weighted by Crippen LogP contribution is 2.30. The number of amides is 2. The van der Waals surface area contributed by atoms with Crippen molar-refractivity contribution in [1.29, 1.82) is 0 Å². The van der Waals surface area contributed by atoms with Crippen LogP contribution in [0.4, 0.5) is 13.2 Å². The molecule has 2 atom stereocenters. The van der Waals surface area contributed by atoms with Gasteiger partial charge in [-0.15, -0.1) is 0 Å². The van der Waals surface area contributed by atoms with Gasteiger partial charge in [0.2, 0.25) is 5.91 Å². The van der Waals surface area contributed by atoms with Crippen molar-refractivity contribution in [2.45, 2.75) is 70.2 Å². The molecule has 0 aliphatic rings. The van der Waals surface area contributed by atoms with E-state index in [0.29, 0.717) is 12.8 Å². The molecule has 0 aliphatic carbocycles. The summed E-state index contributed by atoms with van der Waals surface area (Å²) in [5.74, 6) is -1.58. The average molecular weight is 388 g/mol. The van der Waals surface area contributed by atoms with Crippen LogP contribution in [0.25, 0.3) is 0 Å². The number of rotatable bonds is 11. The fourth-order valence-electron chi connectivity index (χ4n) is 2.67. The number of aliphatic hydroxyl groups is 1. The molecule has 27 heavy (non-hydrogen) atoms. The molecule has 0 heterocycles. The lowest BCUT2D eigenvalue weighted by molar-refractivity contribution is -0.137. The van der Waals surface area contributed by atoms with E-state index in [2.05, 4.69) is 12.2 Å². The van der Waals surface area contributed by atoms with Crippen LogP contribution >= 0.6 is 0 Å². The Hall–Kier alpha value is -2.09. The van der Waals surface area contributed by atoms with Crippen LogP contribution in [0, 0.1) is 0 Å². The monoisotopic (exact) mass is 388 g/mol. The largest absolute Gasteiger partial charge is 0.416 e. The van der Waals surface area contributed by atoms with Gasteiger partial charge in [0.15, 0.2) is 6.10 Å². The zero-order chi connectivity index (χ0) is 20.4. The van der Waals surface area contributed by atoms with E-state index in [1.807, 2.05) is 0 Å². The van der Waals surface area contributed by atoms with E-state index in [9.17, 15) is 27.9 Å². The molecule has 0 unspecified atom stereocenters. The average Bonchev–Trinajstić information content (AvgIpc) is 2.62. The van der Waals surface area contributed by atoms with Crippen molar-refractivity contribution in [3.05, 3.63) is 35.4 Å². The Labute approximate surface area is 157 Å². The Morgan fingerprint density at radius 3 is 2.15 bits per heavy atom. The summed E-state index contributed by atoms with van der Waals surface area (Å²) < 4.78 is 37.7. The van der Waals surface area contributed by atoms with Gasteiger partial charge in [0.05, 0.1) is 5.56 Å². The molecule has 0 radical (unpaired) electrons. The lowest BCUT2D eigenvalue weighted by atomic mass is 10.0. The van der Waals surface area contributed by atoms with Crippen molar-refractivity contribution in [3.8, 4) is 0 Å². The van der Waals surface area contributed by atoms with E-state index in [4.69, 9.17) is 5.73 Å². The van der Waals surface area contributed by atoms with Crippen LogP contribution in [0.5, 0.6) is 0 Å². The number of carbonyl (C=O) groups excluding carboxylic acids is 2. The molecule has 5 nitrogen and oxygen atoms in total. The second kappa shape index (κ2) is 10.9. The van der Waals surface area contributed by atoms with Gasteiger partial charge in [-0.25, -0.2) is 0 Å². The van der Waals surface area contributed by atoms with Crippen molar-refractivity contribution in [3.63, 3.8) is 0 Å². The number of halogens is 3. The summed E-state index contributed by atoms with van der Waals surface area (Å²) in [5, 5.41) is 12.4. The number of nitrogens with two attached hydrogens (primary N) is 1. The number of primary amides is 1. The lowest BCUT2D eigenvalue weighted by Crippen LogP contribution is -2.46. The maximum Gasteiger partial charge on any atom is 0.416 e. The number of benzene rings is 1. The molecular formula is C19H27F3N2O3. The number of alkyl halides is 3. The molecule has 2 amide bonds. The molecule has 0 saturated heterocycles. The Bertz CT molecular complexity index is 603. The van der Waals surface area contributed by atoms with Gasteiger partial charge in [0.1, 0.15) is 6.04 Å². The van der Waals surface area contributed by atoms with Crippen LogP contribution in [0.15, 0.2) is 24.3 Å². The van der Waals surface area contributed by atoms with E-state index in [-0.39, 0.29) is 5.56 Å². The third-order valence-corrected chi connectivity index (χ3v) is 4.31. The van der Waals surface area contributed by atoms with E-state index in [0.717, 1.165) is 56.4 Å². The molecule has 0 fully saturated rings. The Morgan fingerprint density at radius 2 is 1.63 bits per heavy atom. The highest BCUT2D eigenvalue weighted by Gasteiger charge is 2.31. The molecule has 0 saturated carbocycles. The number of unbranched alkanes of at least 4 members (excludes halogenated alkanes) is 5. The molecule has 0 aliphatic heterocycles. The van der Waals surface area contributed by atoms with Gasteiger partial charge in [-0.05, 0) is 24.1 Å². The minimum absolute atomic E-state index is 0.00304. The summed E-state index contributed by atoms with van der Waals surface area (Å²) in [4.78, 5) is 23.6. The van der Waals surface area contributed by atoms with E-state index in [1.165, 1.54) is 0 Å². The first kappa shape index (κ1) is 23.0. The second-order valence-electron chi connectivity index (χ2n) is 6.54. The first-order valence-electron chi connectivity index (χ1n) is 9.11. The fraction of sp³-hybridized carbons (Fsp3) is 0.579. The zero-order valence-electron chi connectivity index (χ0n) is 15.4. The molecule has 1 aromatic carbocycles. The predicted octanol–water partition coefficient (Wildman–Crippen LogP) is 3.46. The minimum atomic E-state index is -4.50. The Kier molecular flexibility index (Phi) is 9.28. The van der Waals surface area contributed by atoms with Crippen molar-refractivity contribution < 1.29 is 27.9 Å². The van der Waals surface area contributed by atoms with Crippen LogP contribution in [0.1, 0.15) is 69.1 Å². The predicted molar refractivity (Wildman–Crippen MR) is 95.5 cm³/mol. The second-order valence-corrected chi connectivity index (χ2v) is 6.54. The van der Waals surface area contributed by atoms with Gasteiger partial charge in [0, 0.05) is 0 Å². The maximum atomic E-state index is 12.6. The van der Waals surface area contributed by atoms with Gasteiger partial charge < -0.3 is 16.2 Å². The molecule has 8 heteroatoms. The molecule has 4 N–H and O–H groups in total. The highest BCUT2D eigenvalue weighted by molar-refractivity contribution is 5.88. The van der Waals surface area contributed by atoms with Crippen LogP contribution in [0.2, 0.25) is 0 Å². The number of hydrogen-bond acceptors (Lipinski definition) is 3. The lowest BCUT2D eigenvalue weighted by Gasteiger charge is -2.18. The van der Waals surface area contributed by atoms with Crippen LogP contribution in [-0.4, -0.2) is 23.0 Å². The molecule has 1 rings (SSSR count). The number of carbonyl (C=O) groups is 2. The van der Waals surface area contributed by atoms with Crippen molar-refractivity contribution in [1.82, 2.24) is 5.32 Å². The molecule has 1 aromatic rings. The normalized spacial score (nSPS) is 13.8. The van der Waals surface area contributed by atoms with Crippen LogP contribution in [0.3, 0.4) is 0 Å². The first-order valence-corrected chi connectivity index (χ1v) is 9.11.